The minimum Gasteiger partial charge on any atom is -0.465 e. The molecule has 0 bridgehead atoms. The molecule has 4 aromatic carbocycles. The van der Waals surface area contributed by atoms with E-state index in [1.165, 1.54) is 0 Å². The van der Waals surface area contributed by atoms with E-state index in [1.54, 1.807) is 72.8 Å². The van der Waals surface area contributed by atoms with E-state index in [0.717, 1.165) is 45.7 Å². The molecule has 2 aliphatic heterocycles. The summed E-state index contributed by atoms with van der Waals surface area (Å²) in [7, 11) is 0. The van der Waals surface area contributed by atoms with E-state index >= 15 is 0 Å². The van der Waals surface area contributed by atoms with Crippen LogP contribution < -0.4 is 40.2 Å². The molecule has 0 spiro atoms. The van der Waals surface area contributed by atoms with Crippen molar-refractivity contribution in [2.75, 3.05) is 13.2 Å². The van der Waals surface area contributed by atoms with Crippen LogP contribution in [-0.4, -0.2) is 37.7 Å². The van der Waals surface area contributed by atoms with Gasteiger partial charge in [0.25, 0.3) is 0 Å². The molecule has 6 rings (SSSR count). The minimum atomic E-state index is -0.481. The van der Waals surface area contributed by atoms with E-state index in [-0.39, 0.29) is 12.6 Å². The number of rotatable bonds is 10. The van der Waals surface area contributed by atoms with Gasteiger partial charge in [-0.1, -0.05) is 0 Å². The molecule has 232 valence electrons. The highest BCUT2D eigenvalue weighted by molar-refractivity contribution is 5.91. The zero-order chi connectivity index (χ0) is 30.8. The largest absolute Gasteiger partial charge is 0.465 e. The van der Waals surface area contributed by atoms with Crippen molar-refractivity contribution in [1.82, 2.24) is 0 Å². The van der Waals surface area contributed by atoms with Crippen LogP contribution in [0.25, 0.3) is 0 Å². The zero-order valence-electron chi connectivity index (χ0n) is 24.7. The summed E-state index contributed by atoms with van der Waals surface area (Å²) in [5.41, 5.74) is 0.889. The first kappa shape index (κ1) is 31.1. The van der Waals surface area contributed by atoms with Crippen LogP contribution in [0.5, 0.6) is 23.0 Å². The Morgan fingerprint density at radius 3 is 1.24 bits per heavy atom. The van der Waals surface area contributed by atoms with Crippen LogP contribution in [0.4, 0.5) is 0 Å². The molecule has 2 aliphatic rings. The van der Waals surface area contributed by atoms with E-state index < -0.39 is 33.1 Å². The summed E-state index contributed by atoms with van der Waals surface area (Å²) >= 11 is -0.481. The van der Waals surface area contributed by atoms with Gasteiger partial charge in [-0.05, 0) is 123 Å². The van der Waals surface area contributed by atoms with Crippen LogP contribution in [0.1, 0.15) is 59.2 Å². The van der Waals surface area contributed by atoms with Crippen molar-refractivity contribution in [3.8, 4) is 23.0 Å². The Labute approximate surface area is 272 Å². The van der Waals surface area contributed by atoms with Gasteiger partial charge in [-0.2, -0.15) is 0 Å². The molecule has 4 aromatic rings. The molecule has 8 nitrogen and oxygen atoms in total. The van der Waals surface area contributed by atoms with Crippen molar-refractivity contribution >= 4 is 11.9 Å². The highest BCUT2D eigenvalue weighted by Crippen LogP contribution is 2.22. The molecule has 0 N–H and O–H groups in total. The van der Waals surface area contributed by atoms with E-state index in [0.29, 0.717) is 47.3 Å². The maximum absolute atomic E-state index is 12.7. The van der Waals surface area contributed by atoms with Gasteiger partial charge in [0, 0.05) is 12.8 Å². The van der Waals surface area contributed by atoms with Crippen molar-refractivity contribution in [1.29, 1.82) is 0 Å². The maximum atomic E-state index is 12.7. The zero-order valence-corrected chi connectivity index (χ0v) is 26.9. The fourth-order valence-electron chi connectivity index (χ4n) is 4.84. The van der Waals surface area contributed by atoms with Crippen LogP contribution in [0.2, 0.25) is 0 Å². The fraction of sp³-hybridized carbons (Fsp3) is 0.278. The third-order valence-corrected chi connectivity index (χ3v) is 9.94. The molecule has 2 atom stereocenters. The van der Waals surface area contributed by atoms with Gasteiger partial charge < -0.3 is 28.4 Å². The Bertz CT molecular complexity index is 1420. The molecule has 2 unspecified atom stereocenters. The van der Waals surface area contributed by atoms with Gasteiger partial charge in [-0.15, -0.1) is 0 Å². The smallest absolute Gasteiger partial charge is 0.357 e. The standard InChI is InChI=1S/C36H34IO8/c38-35(25-7-15-29(16-8-25)42-33-5-1-3-23-40-33)44-31-19-11-27(12-20-31)37-28-13-21-32(22-14-28)45-36(39)26-9-17-30(18-10-26)43-34-6-2-4-24-41-34/h7-22,33-34H,1-6,23-24H2/q+1. The normalized spacial score (nSPS) is 18.0. The average molecular weight is 722 g/mol. The lowest BCUT2D eigenvalue weighted by atomic mass is 10.2. The Morgan fingerprint density at radius 1 is 0.511 bits per heavy atom. The summed E-state index contributed by atoms with van der Waals surface area (Å²) in [6, 6.07) is 28.9. The van der Waals surface area contributed by atoms with E-state index in [9.17, 15) is 9.59 Å². The topological polar surface area (TPSA) is 89.5 Å². The number of ether oxygens (including phenoxy) is 6. The van der Waals surface area contributed by atoms with Crippen LogP contribution in [0, 0.1) is 7.14 Å². The predicted octanol–water partition coefficient (Wildman–Crippen LogP) is 4.06. The molecule has 45 heavy (non-hydrogen) atoms. The van der Waals surface area contributed by atoms with Crippen LogP contribution in [-0.2, 0) is 9.47 Å². The van der Waals surface area contributed by atoms with E-state index in [2.05, 4.69) is 0 Å². The van der Waals surface area contributed by atoms with Gasteiger partial charge in [0.15, 0.2) is 19.7 Å². The summed E-state index contributed by atoms with van der Waals surface area (Å²) in [6.07, 6.45) is 5.57. The summed E-state index contributed by atoms with van der Waals surface area (Å²) in [6.45, 7) is 1.42. The molecular formula is C36H34IO8+. The van der Waals surface area contributed by atoms with Crippen LogP contribution >= 0.6 is 0 Å². The van der Waals surface area contributed by atoms with Crippen molar-refractivity contribution < 1.29 is 59.2 Å². The SMILES string of the molecule is O=C(Oc1ccc([I+]c2ccc(OC(=O)c3ccc(OC4CCCCO4)cc3)cc2)cc1)c1ccc(OC2CCCCO2)cc1. The van der Waals surface area contributed by atoms with E-state index in [1.807, 2.05) is 24.3 Å². The van der Waals surface area contributed by atoms with Crippen molar-refractivity contribution in [2.45, 2.75) is 51.1 Å². The highest BCUT2D eigenvalue weighted by Gasteiger charge is 2.19. The first-order chi connectivity index (χ1) is 22.1. The number of halogens is 1. The Kier molecular flexibility index (Phi) is 10.6. The predicted molar refractivity (Wildman–Crippen MR) is 162 cm³/mol. The van der Waals surface area contributed by atoms with Gasteiger partial charge in [0.1, 0.15) is 23.0 Å². The second-order valence-corrected chi connectivity index (χ2v) is 13.7. The molecule has 0 amide bonds. The maximum Gasteiger partial charge on any atom is 0.357 e. The lowest BCUT2D eigenvalue weighted by molar-refractivity contribution is -0.597. The summed E-state index contributed by atoms with van der Waals surface area (Å²) in [5.74, 6) is 1.43. The summed E-state index contributed by atoms with van der Waals surface area (Å²) in [5, 5.41) is 0. The number of carbonyl (C=O) groups is 2. The first-order valence-corrected chi connectivity index (χ1v) is 17.3. The van der Waals surface area contributed by atoms with Gasteiger partial charge in [-0.3, -0.25) is 0 Å². The lowest BCUT2D eigenvalue weighted by Gasteiger charge is -2.23. The van der Waals surface area contributed by atoms with E-state index in [4.69, 9.17) is 28.4 Å². The third-order valence-electron chi connectivity index (χ3n) is 7.26. The molecule has 2 heterocycles. The summed E-state index contributed by atoms with van der Waals surface area (Å²) < 4.78 is 36.3. The second kappa shape index (κ2) is 15.4. The van der Waals surface area contributed by atoms with Crippen molar-refractivity contribution in [3.05, 3.63) is 115 Å². The monoisotopic (exact) mass is 721 g/mol. The van der Waals surface area contributed by atoms with Gasteiger partial charge in [0.2, 0.25) is 0 Å². The van der Waals surface area contributed by atoms with Crippen LogP contribution in [0.15, 0.2) is 97.1 Å². The molecule has 2 saturated heterocycles. The van der Waals surface area contributed by atoms with Crippen molar-refractivity contribution in [2.24, 2.45) is 0 Å². The van der Waals surface area contributed by atoms with Gasteiger partial charge in [-0.25, -0.2) is 9.59 Å². The third kappa shape index (κ3) is 9.06. The number of esters is 2. The highest BCUT2D eigenvalue weighted by atomic mass is 127. The molecule has 2 fully saturated rings. The quantitative estimate of drug-likeness (QED) is 0.138. The Balaban J connectivity index is 0.960. The van der Waals surface area contributed by atoms with Crippen molar-refractivity contribution in [3.63, 3.8) is 0 Å². The number of benzene rings is 4. The number of hydrogen-bond donors (Lipinski definition) is 0. The summed E-state index contributed by atoms with van der Waals surface area (Å²) in [4.78, 5) is 25.3. The molecule has 0 aromatic heterocycles. The van der Waals surface area contributed by atoms with Gasteiger partial charge in [0.05, 0.1) is 24.3 Å². The molecule has 0 aliphatic carbocycles. The molecular weight excluding hydrogens is 687 g/mol. The lowest BCUT2D eigenvalue weighted by Crippen LogP contribution is -3.61. The average Bonchev–Trinajstić information content (AvgIpc) is 3.08. The second-order valence-electron chi connectivity index (χ2n) is 10.7. The molecule has 0 saturated carbocycles. The van der Waals surface area contributed by atoms with Gasteiger partial charge >= 0.3 is 33.1 Å². The Hall–Kier alpha value is -3.93. The minimum absolute atomic E-state index is 0.231. The first-order valence-electron chi connectivity index (χ1n) is 15.1. The molecule has 9 heteroatoms. The Morgan fingerprint density at radius 2 is 0.889 bits per heavy atom. The van der Waals surface area contributed by atoms with Crippen LogP contribution in [0.3, 0.4) is 0 Å². The molecule has 0 radical (unpaired) electrons. The number of hydrogen-bond acceptors (Lipinski definition) is 8. The number of carbonyl (C=O) groups excluding carboxylic acids is 2. The fourth-order valence-corrected chi connectivity index (χ4v) is 7.00.